The molecule has 3 heterocycles. The van der Waals surface area contributed by atoms with Gasteiger partial charge in [0, 0.05) is 22.5 Å². The molecule has 1 aliphatic heterocycles. The van der Waals surface area contributed by atoms with Gasteiger partial charge in [-0.3, -0.25) is 0 Å². The van der Waals surface area contributed by atoms with Gasteiger partial charge in [0.05, 0.1) is 5.39 Å². The molecule has 0 aliphatic carbocycles. The minimum Gasteiger partial charge on any atom is -0.351 e. The first-order valence-electron chi connectivity index (χ1n) is 9.69. The van der Waals surface area contributed by atoms with Crippen LogP contribution in [-0.4, -0.2) is 22.1 Å². The SMILES string of the molecule is Cc1ccc(-c2c(C)sc3nc(Cl)nc(N4C(C)CCCC4C)c23)cc1C. The summed E-state index contributed by atoms with van der Waals surface area (Å²) in [7, 11) is 0. The minimum atomic E-state index is 0.343. The number of halogens is 1. The molecule has 2 unspecified atom stereocenters. The monoisotopic (exact) mass is 399 g/mol. The second-order valence-electron chi connectivity index (χ2n) is 7.86. The van der Waals surface area contributed by atoms with Crippen LogP contribution in [0, 0.1) is 20.8 Å². The largest absolute Gasteiger partial charge is 0.351 e. The number of benzene rings is 1. The van der Waals surface area contributed by atoms with Crippen molar-refractivity contribution in [3.8, 4) is 11.1 Å². The van der Waals surface area contributed by atoms with E-state index in [1.165, 1.54) is 46.4 Å². The topological polar surface area (TPSA) is 29.0 Å². The molecule has 1 fully saturated rings. The molecule has 1 saturated heterocycles. The number of nitrogens with zero attached hydrogens (tertiary/aromatic N) is 3. The highest BCUT2D eigenvalue weighted by Gasteiger charge is 2.30. The van der Waals surface area contributed by atoms with Gasteiger partial charge in [0.25, 0.3) is 0 Å². The van der Waals surface area contributed by atoms with Crippen molar-refractivity contribution >= 4 is 39.0 Å². The second kappa shape index (κ2) is 7.06. The number of anilines is 1. The van der Waals surface area contributed by atoms with Gasteiger partial charge in [-0.25, -0.2) is 4.98 Å². The Labute approximate surface area is 170 Å². The fraction of sp³-hybridized carbons (Fsp3) is 0.455. The molecule has 2 atom stereocenters. The van der Waals surface area contributed by atoms with Crippen molar-refractivity contribution in [2.45, 2.75) is 66.0 Å². The summed E-state index contributed by atoms with van der Waals surface area (Å²) in [5, 5.41) is 1.50. The second-order valence-corrected chi connectivity index (χ2v) is 9.41. The summed E-state index contributed by atoms with van der Waals surface area (Å²) in [5.41, 5.74) is 5.12. The van der Waals surface area contributed by atoms with Crippen LogP contribution in [0.5, 0.6) is 0 Å². The molecule has 0 radical (unpaired) electrons. The van der Waals surface area contributed by atoms with E-state index in [2.05, 4.69) is 62.7 Å². The first-order valence-corrected chi connectivity index (χ1v) is 10.9. The Kier molecular flexibility index (Phi) is 4.89. The van der Waals surface area contributed by atoms with Gasteiger partial charge in [0.1, 0.15) is 10.6 Å². The molecule has 27 heavy (non-hydrogen) atoms. The Morgan fingerprint density at radius 1 is 1.04 bits per heavy atom. The number of fused-ring (bicyclic) bond motifs is 1. The van der Waals surface area contributed by atoms with Crippen LogP contribution in [0.15, 0.2) is 18.2 Å². The molecule has 142 valence electrons. The predicted octanol–water partition coefficient (Wildman–Crippen LogP) is 6.70. The summed E-state index contributed by atoms with van der Waals surface area (Å²) in [6.45, 7) is 11.1. The molecule has 3 aromatic rings. The lowest BCUT2D eigenvalue weighted by Crippen LogP contribution is -2.44. The lowest BCUT2D eigenvalue weighted by atomic mass is 9.95. The van der Waals surface area contributed by atoms with E-state index in [1.807, 2.05) is 0 Å². The molecule has 0 bridgehead atoms. The van der Waals surface area contributed by atoms with E-state index in [-0.39, 0.29) is 0 Å². The summed E-state index contributed by atoms with van der Waals surface area (Å²) >= 11 is 8.07. The van der Waals surface area contributed by atoms with E-state index in [0.717, 1.165) is 16.0 Å². The molecule has 0 N–H and O–H groups in total. The molecule has 0 spiro atoms. The zero-order chi connectivity index (χ0) is 19.3. The highest BCUT2D eigenvalue weighted by Crippen LogP contribution is 2.44. The molecule has 2 aromatic heterocycles. The van der Waals surface area contributed by atoms with E-state index >= 15 is 0 Å². The Balaban J connectivity index is 2.00. The first kappa shape index (κ1) is 18.7. The maximum atomic E-state index is 6.35. The van der Waals surface area contributed by atoms with Gasteiger partial charge >= 0.3 is 0 Å². The molecular weight excluding hydrogens is 374 g/mol. The van der Waals surface area contributed by atoms with Crippen LogP contribution in [-0.2, 0) is 0 Å². The van der Waals surface area contributed by atoms with E-state index < -0.39 is 0 Å². The molecule has 4 rings (SSSR count). The summed E-state index contributed by atoms with van der Waals surface area (Å²) in [6, 6.07) is 7.62. The molecule has 0 amide bonds. The van der Waals surface area contributed by atoms with E-state index in [4.69, 9.17) is 16.6 Å². The molecule has 1 aliphatic rings. The van der Waals surface area contributed by atoms with Crippen LogP contribution >= 0.6 is 22.9 Å². The van der Waals surface area contributed by atoms with Crippen molar-refractivity contribution in [1.29, 1.82) is 0 Å². The summed E-state index contributed by atoms with van der Waals surface area (Å²) < 4.78 is 0. The summed E-state index contributed by atoms with van der Waals surface area (Å²) in [6.07, 6.45) is 3.65. The fourth-order valence-corrected chi connectivity index (χ4v) is 5.59. The summed E-state index contributed by atoms with van der Waals surface area (Å²) in [4.78, 5) is 14.0. The van der Waals surface area contributed by atoms with Gasteiger partial charge in [0.2, 0.25) is 5.28 Å². The quantitative estimate of drug-likeness (QED) is 0.448. The van der Waals surface area contributed by atoms with Gasteiger partial charge < -0.3 is 4.90 Å². The highest BCUT2D eigenvalue weighted by atomic mass is 35.5. The number of piperidine rings is 1. The van der Waals surface area contributed by atoms with Gasteiger partial charge in [-0.05, 0) is 82.2 Å². The number of rotatable bonds is 2. The maximum absolute atomic E-state index is 6.35. The number of aromatic nitrogens is 2. The minimum absolute atomic E-state index is 0.343. The first-order chi connectivity index (χ1) is 12.9. The van der Waals surface area contributed by atoms with Gasteiger partial charge in [-0.2, -0.15) is 4.98 Å². The zero-order valence-electron chi connectivity index (χ0n) is 16.6. The van der Waals surface area contributed by atoms with Gasteiger partial charge in [0.15, 0.2) is 0 Å². The molecule has 1 aromatic carbocycles. The molecular formula is C22H26ClN3S. The zero-order valence-corrected chi connectivity index (χ0v) is 18.2. The van der Waals surface area contributed by atoms with Crippen LogP contribution in [0.1, 0.15) is 49.1 Å². The Morgan fingerprint density at radius 3 is 2.41 bits per heavy atom. The van der Waals surface area contributed by atoms with Crippen LogP contribution in [0.4, 0.5) is 5.82 Å². The number of thiophene rings is 1. The van der Waals surface area contributed by atoms with E-state index in [1.54, 1.807) is 11.3 Å². The third-order valence-corrected chi connectivity index (χ3v) is 7.08. The number of hydrogen-bond donors (Lipinski definition) is 0. The molecule has 0 saturated carbocycles. The van der Waals surface area contributed by atoms with Crippen LogP contribution < -0.4 is 4.90 Å². The predicted molar refractivity (Wildman–Crippen MR) is 117 cm³/mol. The lowest BCUT2D eigenvalue weighted by Gasteiger charge is -2.40. The smallest absolute Gasteiger partial charge is 0.225 e. The van der Waals surface area contributed by atoms with E-state index in [0.29, 0.717) is 17.4 Å². The fourth-order valence-electron chi connectivity index (χ4n) is 4.34. The van der Waals surface area contributed by atoms with Crippen LogP contribution in [0.25, 0.3) is 21.3 Å². The van der Waals surface area contributed by atoms with Crippen molar-refractivity contribution in [3.63, 3.8) is 0 Å². The summed E-state index contributed by atoms with van der Waals surface area (Å²) in [5.74, 6) is 1.00. The van der Waals surface area contributed by atoms with Crippen LogP contribution in [0.2, 0.25) is 5.28 Å². The average molecular weight is 400 g/mol. The Hall–Kier alpha value is -1.65. The lowest BCUT2D eigenvalue weighted by molar-refractivity contribution is 0.412. The Morgan fingerprint density at radius 2 is 1.74 bits per heavy atom. The van der Waals surface area contributed by atoms with Crippen LogP contribution in [0.3, 0.4) is 0 Å². The standard InChI is InChI=1S/C22H26ClN3S/c1-12-9-10-17(11-13(12)2)18-16(5)27-21-19(18)20(24-22(23)25-21)26-14(3)7-6-8-15(26)4/h9-11,14-15H,6-8H2,1-5H3. The third-order valence-electron chi connectivity index (χ3n) is 5.91. The third kappa shape index (κ3) is 3.23. The van der Waals surface area contributed by atoms with Gasteiger partial charge in [-0.15, -0.1) is 11.3 Å². The molecule has 5 heteroatoms. The van der Waals surface area contributed by atoms with Crippen molar-refractivity contribution < 1.29 is 0 Å². The maximum Gasteiger partial charge on any atom is 0.225 e. The molecule has 3 nitrogen and oxygen atoms in total. The van der Waals surface area contributed by atoms with E-state index in [9.17, 15) is 0 Å². The number of hydrogen-bond acceptors (Lipinski definition) is 4. The normalized spacial score (nSPS) is 20.4. The van der Waals surface area contributed by atoms with Gasteiger partial charge in [-0.1, -0.05) is 18.2 Å². The van der Waals surface area contributed by atoms with Crippen molar-refractivity contribution in [1.82, 2.24) is 9.97 Å². The van der Waals surface area contributed by atoms with Crippen molar-refractivity contribution in [2.75, 3.05) is 4.90 Å². The Bertz CT molecular complexity index is 1000. The number of aryl methyl sites for hydroxylation is 3. The highest BCUT2D eigenvalue weighted by molar-refractivity contribution is 7.19. The van der Waals surface area contributed by atoms with Crippen molar-refractivity contribution in [3.05, 3.63) is 39.5 Å². The van der Waals surface area contributed by atoms with Crippen molar-refractivity contribution in [2.24, 2.45) is 0 Å². The average Bonchev–Trinajstić information content (AvgIpc) is 2.92.